The molecular weight excluding hydrogens is 494 g/mol. The second kappa shape index (κ2) is 7.28. The molecule has 0 spiro atoms. The molecule has 5 aromatic rings. The Bertz CT molecular complexity index is 1430. The maximum atomic E-state index is 14.7. The number of halogens is 2. The number of hydrogen-bond acceptors (Lipinski definition) is 5. The first kappa shape index (κ1) is 18.9. The highest BCUT2D eigenvalue weighted by molar-refractivity contribution is 14.1. The Morgan fingerprint density at radius 1 is 1.10 bits per heavy atom. The lowest BCUT2D eigenvalue weighted by Gasteiger charge is -2.13. The number of fused-ring (bicyclic) bond motifs is 2. The Morgan fingerprint density at radius 2 is 1.93 bits per heavy atom. The number of rotatable bonds is 3. The number of nitrogens with zero attached hydrogens (tertiary/aromatic N) is 5. The van der Waals surface area contributed by atoms with Crippen LogP contribution in [0.1, 0.15) is 11.1 Å². The Hall–Kier alpha value is -3.14. The molecule has 0 fully saturated rings. The zero-order chi connectivity index (χ0) is 20.8. The number of aryl methyl sites for hydroxylation is 1. The van der Waals surface area contributed by atoms with Gasteiger partial charge in [-0.3, -0.25) is 0 Å². The third-order valence-corrected chi connectivity index (χ3v) is 5.85. The Morgan fingerprint density at radius 3 is 2.77 bits per heavy atom. The lowest BCUT2D eigenvalue weighted by Crippen LogP contribution is -2.07. The van der Waals surface area contributed by atoms with Crippen LogP contribution in [0, 0.1) is 16.4 Å². The van der Waals surface area contributed by atoms with Gasteiger partial charge in [0, 0.05) is 16.5 Å². The number of nitrogens with two attached hydrogens (primary N) is 1. The van der Waals surface area contributed by atoms with E-state index in [9.17, 15) is 4.39 Å². The highest BCUT2D eigenvalue weighted by Gasteiger charge is 2.18. The largest absolute Gasteiger partial charge is 0.383 e. The van der Waals surface area contributed by atoms with Crippen molar-refractivity contribution in [3.63, 3.8) is 0 Å². The summed E-state index contributed by atoms with van der Waals surface area (Å²) in [7, 11) is 0. The van der Waals surface area contributed by atoms with Crippen molar-refractivity contribution in [1.29, 1.82) is 0 Å². The van der Waals surface area contributed by atoms with Gasteiger partial charge in [0.1, 0.15) is 21.7 Å². The second-order valence-electron chi connectivity index (χ2n) is 7.03. The van der Waals surface area contributed by atoms with Crippen LogP contribution < -0.4 is 5.73 Å². The number of para-hydroxylation sites is 1. The van der Waals surface area contributed by atoms with Crippen LogP contribution in [0.25, 0.3) is 33.2 Å². The first-order valence-electron chi connectivity index (χ1n) is 9.29. The molecular formula is C22H16FIN6. The highest BCUT2D eigenvalue weighted by Crippen LogP contribution is 2.31. The smallest absolute Gasteiger partial charge is 0.164 e. The number of benzene rings is 2. The average Bonchev–Trinajstić information content (AvgIpc) is 3.05. The van der Waals surface area contributed by atoms with Crippen LogP contribution in [-0.4, -0.2) is 24.7 Å². The topological polar surface area (TPSA) is 82.5 Å². The number of pyridine rings is 1. The molecule has 0 aliphatic carbocycles. The van der Waals surface area contributed by atoms with Gasteiger partial charge in [-0.25, -0.2) is 24.0 Å². The van der Waals surface area contributed by atoms with Gasteiger partial charge in [0.05, 0.1) is 23.1 Å². The van der Waals surface area contributed by atoms with Gasteiger partial charge in [-0.15, -0.1) is 0 Å². The number of aromatic nitrogens is 5. The van der Waals surface area contributed by atoms with Crippen LogP contribution in [0.5, 0.6) is 0 Å². The van der Waals surface area contributed by atoms with Crippen LogP contribution in [-0.2, 0) is 6.54 Å². The molecule has 0 saturated heterocycles. The zero-order valence-corrected chi connectivity index (χ0v) is 18.1. The first-order valence-corrected chi connectivity index (χ1v) is 10.4. The van der Waals surface area contributed by atoms with Crippen molar-refractivity contribution in [2.24, 2.45) is 0 Å². The summed E-state index contributed by atoms with van der Waals surface area (Å²) >= 11 is 2.12. The van der Waals surface area contributed by atoms with E-state index >= 15 is 0 Å². The lowest BCUT2D eigenvalue weighted by molar-refractivity contribution is 0.630. The van der Waals surface area contributed by atoms with Crippen LogP contribution in [0.4, 0.5) is 10.2 Å². The molecule has 0 radical (unpaired) electrons. The van der Waals surface area contributed by atoms with Crippen molar-refractivity contribution in [2.45, 2.75) is 13.5 Å². The summed E-state index contributed by atoms with van der Waals surface area (Å²) in [4.78, 5) is 13.3. The van der Waals surface area contributed by atoms with E-state index in [1.165, 1.54) is 12.4 Å². The average molecular weight is 510 g/mol. The summed E-state index contributed by atoms with van der Waals surface area (Å²) in [5.74, 6) is 0.0721. The fourth-order valence-corrected chi connectivity index (χ4v) is 4.43. The Labute approximate surface area is 185 Å². The molecule has 3 aromatic heterocycles. The van der Waals surface area contributed by atoms with Gasteiger partial charge in [0.15, 0.2) is 5.65 Å². The van der Waals surface area contributed by atoms with Crippen LogP contribution in [0.15, 0.2) is 54.9 Å². The van der Waals surface area contributed by atoms with Crippen LogP contribution >= 0.6 is 22.6 Å². The fraction of sp³-hybridized carbons (Fsp3) is 0.0909. The molecule has 0 bridgehead atoms. The monoisotopic (exact) mass is 510 g/mol. The van der Waals surface area contributed by atoms with Crippen molar-refractivity contribution in [1.82, 2.24) is 24.7 Å². The molecule has 2 aromatic carbocycles. The van der Waals surface area contributed by atoms with Gasteiger partial charge in [0.2, 0.25) is 0 Å². The van der Waals surface area contributed by atoms with Gasteiger partial charge >= 0.3 is 0 Å². The molecule has 0 amide bonds. The standard InChI is InChI=1S/C22H16FIN6/c1-12-5-4-6-13-9-14(19(28-18(12)13)15-7-2-3-8-16(15)23)10-30-22-17(20(24)29-30)21(25)26-11-27-22/h2-9,11H,10H2,1H3,(H2,25,26,27). The summed E-state index contributed by atoms with van der Waals surface area (Å²) in [6, 6.07) is 14.7. The molecule has 0 unspecified atom stereocenters. The van der Waals surface area contributed by atoms with Crippen molar-refractivity contribution < 1.29 is 4.39 Å². The van der Waals surface area contributed by atoms with Crippen molar-refractivity contribution in [3.05, 3.63) is 75.5 Å². The molecule has 6 nitrogen and oxygen atoms in total. The number of anilines is 1. The Kier molecular flexibility index (Phi) is 4.58. The normalized spacial score (nSPS) is 11.4. The highest BCUT2D eigenvalue weighted by atomic mass is 127. The SMILES string of the molecule is Cc1cccc2cc(Cn3nc(I)c4c(N)ncnc43)c(-c3ccccc3F)nc12. The van der Waals surface area contributed by atoms with Gasteiger partial charge < -0.3 is 5.73 Å². The van der Waals surface area contributed by atoms with Gasteiger partial charge in [-0.2, -0.15) is 5.10 Å². The van der Waals surface area contributed by atoms with E-state index < -0.39 is 0 Å². The predicted molar refractivity (Wildman–Crippen MR) is 123 cm³/mol. The van der Waals surface area contributed by atoms with Crippen molar-refractivity contribution in [3.8, 4) is 11.3 Å². The van der Waals surface area contributed by atoms with E-state index in [0.717, 1.165) is 31.1 Å². The third kappa shape index (κ3) is 3.07. The molecule has 3 heterocycles. The lowest BCUT2D eigenvalue weighted by atomic mass is 10.0. The molecule has 148 valence electrons. The molecule has 0 saturated carbocycles. The molecule has 0 aliphatic heterocycles. The Balaban J connectivity index is 1.76. The van der Waals surface area contributed by atoms with E-state index in [1.54, 1.807) is 16.8 Å². The third-order valence-electron chi connectivity index (χ3n) is 5.09. The van der Waals surface area contributed by atoms with E-state index in [1.807, 2.05) is 37.3 Å². The zero-order valence-electron chi connectivity index (χ0n) is 16.0. The summed E-state index contributed by atoms with van der Waals surface area (Å²) in [5.41, 5.74) is 10.4. The van der Waals surface area contributed by atoms with Gasteiger partial charge in [0.25, 0.3) is 0 Å². The summed E-state index contributed by atoms with van der Waals surface area (Å²) in [6.07, 6.45) is 1.42. The van der Waals surface area contributed by atoms with Gasteiger partial charge in [-0.05, 0) is 53.3 Å². The minimum Gasteiger partial charge on any atom is -0.383 e. The molecule has 0 atom stereocenters. The molecule has 0 aliphatic rings. The quantitative estimate of drug-likeness (QED) is 0.355. The first-order chi connectivity index (χ1) is 14.5. The molecule has 2 N–H and O–H groups in total. The van der Waals surface area contributed by atoms with E-state index in [-0.39, 0.29) is 5.82 Å². The van der Waals surface area contributed by atoms with E-state index in [2.05, 4.69) is 37.7 Å². The van der Waals surface area contributed by atoms with Crippen LogP contribution in [0.3, 0.4) is 0 Å². The van der Waals surface area contributed by atoms with Gasteiger partial charge in [-0.1, -0.05) is 30.3 Å². The fourth-order valence-electron chi connectivity index (χ4n) is 3.66. The number of hydrogen-bond donors (Lipinski definition) is 1. The van der Waals surface area contributed by atoms with Crippen molar-refractivity contribution in [2.75, 3.05) is 5.73 Å². The van der Waals surface area contributed by atoms with E-state index in [0.29, 0.717) is 29.3 Å². The molecule has 5 rings (SSSR count). The van der Waals surface area contributed by atoms with Crippen molar-refractivity contribution >= 4 is 50.3 Å². The summed E-state index contributed by atoms with van der Waals surface area (Å²) < 4.78 is 17.2. The summed E-state index contributed by atoms with van der Waals surface area (Å²) in [6.45, 7) is 2.37. The predicted octanol–water partition coefficient (Wildman–Crippen LogP) is 4.72. The second-order valence-corrected chi connectivity index (χ2v) is 8.05. The maximum absolute atomic E-state index is 14.7. The molecule has 8 heteroatoms. The maximum Gasteiger partial charge on any atom is 0.164 e. The summed E-state index contributed by atoms with van der Waals surface area (Å²) in [5, 5.41) is 6.31. The van der Waals surface area contributed by atoms with E-state index in [4.69, 9.17) is 10.7 Å². The molecule has 30 heavy (non-hydrogen) atoms. The van der Waals surface area contributed by atoms with Crippen LogP contribution in [0.2, 0.25) is 0 Å². The minimum atomic E-state index is -0.314. The minimum absolute atomic E-state index is 0.314. The number of nitrogen functional groups attached to an aromatic ring is 1.